The minimum Gasteiger partial charge on any atom is -0.465 e. The Morgan fingerprint density at radius 3 is 2.08 bits per heavy atom. The van der Waals surface area contributed by atoms with E-state index in [9.17, 15) is 9.90 Å². The van der Waals surface area contributed by atoms with Gasteiger partial charge in [-0.2, -0.15) is 0 Å². The van der Waals surface area contributed by atoms with E-state index in [2.05, 4.69) is 10.2 Å². The molecule has 1 saturated heterocycles. The number of nitrogens with one attached hydrogen (secondary N) is 1. The summed E-state index contributed by atoms with van der Waals surface area (Å²) >= 11 is 0. The molecule has 3 rings (SSSR count). The van der Waals surface area contributed by atoms with Crippen molar-refractivity contribution in [2.45, 2.75) is 25.4 Å². The summed E-state index contributed by atoms with van der Waals surface area (Å²) in [6.45, 7) is 3.44. The third-order valence-corrected chi connectivity index (χ3v) is 4.13. The number of hydrogen-bond acceptors (Lipinski definition) is 3. The molecular formula is C20H27ClN2O3. The maximum atomic E-state index is 10.1. The molecule has 1 atom stereocenters. The van der Waals surface area contributed by atoms with Gasteiger partial charge in [0.25, 0.3) is 0 Å². The molecule has 2 aromatic carbocycles. The topological polar surface area (TPSA) is 72.8 Å². The molecule has 0 spiro atoms. The van der Waals surface area contributed by atoms with E-state index >= 15 is 0 Å². The summed E-state index contributed by atoms with van der Waals surface area (Å²) in [5.74, 6) is 0. The Kier molecular flexibility index (Phi) is 10.4. The first kappa shape index (κ1) is 22.0. The predicted octanol–water partition coefficient (Wildman–Crippen LogP) is 4.40. The molecule has 1 heterocycles. The average molecular weight is 379 g/mol. The number of amides is 1. The quantitative estimate of drug-likeness (QED) is 0.720. The highest BCUT2D eigenvalue weighted by molar-refractivity contribution is 5.85. The van der Waals surface area contributed by atoms with Crippen LogP contribution in [0.5, 0.6) is 0 Å². The molecule has 1 amide bonds. The number of nitrogens with zero attached hydrogens (tertiary/aromatic N) is 1. The van der Waals surface area contributed by atoms with Gasteiger partial charge in [-0.25, -0.2) is 4.79 Å². The smallest absolute Gasteiger partial charge is 0.409 e. The largest absolute Gasteiger partial charge is 0.465 e. The SMILES string of the molecule is Cl.O=C(O)Nc1ccccc1.OC(CCN1CCCC1)c1ccccc1. The second-order valence-electron chi connectivity index (χ2n) is 6.06. The number of carboxylic acid groups (broad SMARTS) is 1. The summed E-state index contributed by atoms with van der Waals surface area (Å²) in [5, 5.41) is 20.4. The second-order valence-corrected chi connectivity index (χ2v) is 6.06. The van der Waals surface area contributed by atoms with E-state index in [1.807, 2.05) is 36.4 Å². The Balaban J connectivity index is 0.000000270. The van der Waals surface area contributed by atoms with E-state index in [1.54, 1.807) is 24.3 Å². The number of likely N-dealkylation sites (tertiary alicyclic amines) is 1. The first-order chi connectivity index (χ1) is 12.1. The Bertz CT molecular complexity index is 619. The van der Waals surface area contributed by atoms with Crippen LogP contribution in [-0.2, 0) is 0 Å². The maximum Gasteiger partial charge on any atom is 0.409 e. The molecule has 1 aliphatic rings. The van der Waals surface area contributed by atoms with Crippen LogP contribution in [-0.4, -0.2) is 40.8 Å². The highest BCUT2D eigenvalue weighted by Crippen LogP contribution is 2.17. The van der Waals surface area contributed by atoms with Gasteiger partial charge < -0.3 is 15.1 Å². The van der Waals surface area contributed by atoms with Crippen LogP contribution in [0.3, 0.4) is 0 Å². The fraction of sp³-hybridized carbons (Fsp3) is 0.350. The van der Waals surface area contributed by atoms with Gasteiger partial charge in [0.1, 0.15) is 0 Å². The Morgan fingerprint density at radius 2 is 1.54 bits per heavy atom. The molecule has 6 heteroatoms. The molecule has 2 aromatic rings. The molecule has 0 saturated carbocycles. The standard InChI is InChI=1S/C13H19NO.C7H7NO2.ClH/c15-13(12-6-2-1-3-7-12)8-11-14-9-4-5-10-14;9-7(10)8-6-4-2-1-3-5-6;/h1-3,6-7,13,15H,4-5,8-11H2;1-5,8H,(H,9,10);1H. The van der Waals surface area contributed by atoms with Gasteiger partial charge in [0.15, 0.2) is 0 Å². The van der Waals surface area contributed by atoms with Crippen LogP contribution in [0.4, 0.5) is 10.5 Å². The highest BCUT2D eigenvalue weighted by atomic mass is 35.5. The molecule has 1 fully saturated rings. The fourth-order valence-electron chi connectivity index (χ4n) is 2.80. The van der Waals surface area contributed by atoms with Gasteiger partial charge in [-0.15, -0.1) is 12.4 Å². The Labute approximate surface area is 161 Å². The number of anilines is 1. The zero-order chi connectivity index (χ0) is 17.9. The third kappa shape index (κ3) is 8.34. The van der Waals surface area contributed by atoms with Gasteiger partial charge in [-0.1, -0.05) is 48.5 Å². The zero-order valence-corrected chi connectivity index (χ0v) is 15.6. The molecule has 1 aliphatic heterocycles. The van der Waals surface area contributed by atoms with Gasteiger partial charge in [0, 0.05) is 12.2 Å². The molecular weight excluding hydrogens is 352 g/mol. The zero-order valence-electron chi connectivity index (χ0n) is 14.8. The van der Waals surface area contributed by atoms with Crippen molar-refractivity contribution in [3.8, 4) is 0 Å². The van der Waals surface area contributed by atoms with E-state index in [0.29, 0.717) is 5.69 Å². The van der Waals surface area contributed by atoms with Gasteiger partial charge >= 0.3 is 6.09 Å². The van der Waals surface area contributed by atoms with Crippen LogP contribution in [0, 0.1) is 0 Å². The van der Waals surface area contributed by atoms with Crippen molar-refractivity contribution >= 4 is 24.2 Å². The number of aliphatic hydroxyl groups excluding tert-OH is 1. The van der Waals surface area contributed by atoms with Crippen LogP contribution in [0.25, 0.3) is 0 Å². The fourth-order valence-corrected chi connectivity index (χ4v) is 2.80. The highest BCUT2D eigenvalue weighted by Gasteiger charge is 2.13. The summed E-state index contributed by atoms with van der Waals surface area (Å²) in [5.41, 5.74) is 1.63. The number of halogens is 1. The number of para-hydroxylation sites is 1. The van der Waals surface area contributed by atoms with Gasteiger partial charge in [0.05, 0.1) is 6.10 Å². The van der Waals surface area contributed by atoms with Crippen molar-refractivity contribution in [3.05, 3.63) is 66.2 Å². The van der Waals surface area contributed by atoms with E-state index in [-0.39, 0.29) is 18.5 Å². The molecule has 142 valence electrons. The number of aliphatic hydroxyl groups is 1. The molecule has 0 radical (unpaired) electrons. The lowest BCUT2D eigenvalue weighted by molar-refractivity contribution is 0.149. The second kappa shape index (κ2) is 12.3. The van der Waals surface area contributed by atoms with Gasteiger partial charge in [-0.05, 0) is 50.0 Å². The van der Waals surface area contributed by atoms with E-state index in [4.69, 9.17) is 5.11 Å². The van der Waals surface area contributed by atoms with Crippen molar-refractivity contribution in [3.63, 3.8) is 0 Å². The minimum absolute atomic E-state index is 0. The molecule has 0 aromatic heterocycles. The molecule has 0 aliphatic carbocycles. The first-order valence-corrected chi connectivity index (χ1v) is 8.65. The summed E-state index contributed by atoms with van der Waals surface area (Å²) in [7, 11) is 0. The molecule has 26 heavy (non-hydrogen) atoms. The lowest BCUT2D eigenvalue weighted by Gasteiger charge is -2.17. The van der Waals surface area contributed by atoms with E-state index in [0.717, 1.165) is 18.5 Å². The summed E-state index contributed by atoms with van der Waals surface area (Å²) < 4.78 is 0. The first-order valence-electron chi connectivity index (χ1n) is 8.65. The van der Waals surface area contributed by atoms with Crippen LogP contribution in [0.2, 0.25) is 0 Å². The number of benzene rings is 2. The Morgan fingerprint density at radius 1 is 1.00 bits per heavy atom. The van der Waals surface area contributed by atoms with Crippen molar-refractivity contribution in [1.82, 2.24) is 4.90 Å². The predicted molar refractivity (Wildman–Crippen MR) is 107 cm³/mol. The van der Waals surface area contributed by atoms with E-state index in [1.165, 1.54) is 25.9 Å². The number of hydrogen-bond donors (Lipinski definition) is 3. The van der Waals surface area contributed by atoms with Crippen LogP contribution < -0.4 is 5.32 Å². The van der Waals surface area contributed by atoms with Crippen LogP contribution in [0.15, 0.2) is 60.7 Å². The van der Waals surface area contributed by atoms with Gasteiger partial charge in [0.2, 0.25) is 0 Å². The summed E-state index contributed by atoms with van der Waals surface area (Å²) in [6, 6.07) is 18.7. The minimum atomic E-state index is -1.04. The summed E-state index contributed by atoms with van der Waals surface area (Å²) in [6.07, 6.45) is 2.16. The van der Waals surface area contributed by atoms with Crippen LogP contribution >= 0.6 is 12.4 Å². The molecule has 5 nitrogen and oxygen atoms in total. The molecule has 1 unspecified atom stereocenters. The lowest BCUT2D eigenvalue weighted by Crippen LogP contribution is -2.22. The average Bonchev–Trinajstić information content (AvgIpc) is 3.15. The van der Waals surface area contributed by atoms with Crippen molar-refractivity contribution in [2.24, 2.45) is 0 Å². The molecule has 3 N–H and O–H groups in total. The molecule has 0 bridgehead atoms. The Hall–Kier alpha value is -2.08. The third-order valence-electron chi connectivity index (χ3n) is 4.13. The maximum absolute atomic E-state index is 10.1. The van der Waals surface area contributed by atoms with Crippen molar-refractivity contribution in [2.75, 3.05) is 25.0 Å². The monoisotopic (exact) mass is 378 g/mol. The summed E-state index contributed by atoms with van der Waals surface area (Å²) in [4.78, 5) is 12.5. The van der Waals surface area contributed by atoms with Crippen LogP contribution in [0.1, 0.15) is 30.9 Å². The van der Waals surface area contributed by atoms with Gasteiger partial charge in [-0.3, -0.25) is 5.32 Å². The normalized spacial score (nSPS) is 14.5. The van der Waals surface area contributed by atoms with Crippen molar-refractivity contribution < 1.29 is 15.0 Å². The number of carbonyl (C=O) groups is 1. The van der Waals surface area contributed by atoms with E-state index < -0.39 is 6.09 Å². The lowest BCUT2D eigenvalue weighted by atomic mass is 10.1. The number of rotatable bonds is 5. The van der Waals surface area contributed by atoms with Crippen molar-refractivity contribution in [1.29, 1.82) is 0 Å².